The molecule has 0 radical (unpaired) electrons. The topological polar surface area (TPSA) is 79.0 Å². The van der Waals surface area contributed by atoms with E-state index in [9.17, 15) is 13.2 Å². The number of nitrogens with one attached hydrogen (secondary N) is 1. The molecule has 1 heterocycles. The number of amides is 1. The number of carbonyl (C=O) groups excluding carboxylic acids is 1. The number of nitrogens with zero attached hydrogens (tertiary/aromatic N) is 2. The molecule has 8 heteroatoms. The SMILES string of the molecule is C[C@H]1CN(CC(=O)Nc2cccc(S(=O)(=O)N(C)c3ccccc3)c2)C[C@H](C)O1. The Morgan fingerprint density at radius 1 is 1.10 bits per heavy atom. The van der Waals surface area contributed by atoms with Gasteiger partial charge in [-0.05, 0) is 44.2 Å². The van der Waals surface area contributed by atoms with Crippen LogP contribution in [-0.2, 0) is 19.6 Å². The van der Waals surface area contributed by atoms with Crippen LogP contribution in [0.1, 0.15) is 13.8 Å². The summed E-state index contributed by atoms with van der Waals surface area (Å²) in [7, 11) is -2.23. The average molecular weight is 418 g/mol. The van der Waals surface area contributed by atoms with Gasteiger partial charge in [0.2, 0.25) is 5.91 Å². The minimum Gasteiger partial charge on any atom is -0.373 e. The van der Waals surface area contributed by atoms with Crippen molar-refractivity contribution in [3.8, 4) is 0 Å². The quantitative estimate of drug-likeness (QED) is 0.782. The molecule has 2 aromatic rings. The maximum atomic E-state index is 13.0. The third kappa shape index (κ3) is 5.35. The molecule has 156 valence electrons. The Labute approximate surface area is 172 Å². The van der Waals surface area contributed by atoms with Gasteiger partial charge in [-0.25, -0.2) is 8.42 Å². The van der Waals surface area contributed by atoms with Crippen molar-refractivity contribution in [1.29, 1.82) is 0 Å². The zero-order chi connectivity index (χ0) is 21.0. The Kier molecular flexibility index (Phi) is 6.56. The van der Waals surface area contributed by atoms with E-state index in [2.05, 4.69) is 5.32 Å². The molecule has 2 atom stereocenters. The number of carbonyl (C=O) groups is 1. The summed E-state index contributed by atoms with van der Waals surface area (Å²) in [5.74, 6) is -0.183. The van der Waals surface area contributed by atoms with Crippen molar-refractivity contribution >= 4 is 27.3 Å². The fourth-order valence-corrected chi connectivity index (χ4v) is 4.73. The lowest BCUT2D eigenvalue weighted by Crippen LogP contribution is -2.48. The van der Waals surface area contributed by atoms with Gasteiger partial charge in [0, 0.05) is 25.8 Å². The second-order valence-electron chi connectivity index (χ2n) is 7.34. The Balaban J connectivity index is 1.70. The number of hydrogen-bond acceptors (Lipinski definition) is 5. The monoisotopic (exact) mass is 417 g/mol. The van der Waals surface area contributed by atoms with Crippen molar-refractivity contribution in [2.24, 2.45) is 0 Å². The van der Waals surface area contributed by atoms with Crippen molar-refractivity contribution in [2.75, 3.05) is 36.3 Å². The molecule has 3 rings (SSSR count). The van der Waals surface area contributed by atoms with E-state index >= 15 is 0 Å². The van der Waals surface area contributed by atoms with Gasteiger partial charge in [0.15, 0.2) is 0 Å². The van der Waals surface area contributed by atoms with E-state index in [1.165, 1.54) is 23.5 Å². The Morgan fingerprint density at radius 3 is 2.41 bits per heavy atom. The number of para-hydroxylation sites is 1. The molecule has 0 unspecified atom stereocenters. The van der Waals surface area contributed by atoms with Crippen LogP contribution in [0.15, 0.2) is 59.5 Å². The number of ether oxygens (including phenoxy) is 1. The van der Waals surface area contributed by atoms with E-state index in [1.807, 2.05) is 24.8 Å². The highest BCUT2D eigenvalue weighted by molar-refractivity contribution is 7.92. The van der Waals surface area contributed by atoms with Gasteiger partial charge < -0.3 is 10.1 Å². The summed E-state index contributed by atoms with van der Waals surface area (Å²) in [5.41, 5.74) is 1.02. The smallest absolute Gasteiger partial charge is 0.264 e. The number of sulfonamides is 1. The highest BCUT2D eigenvalue weighted by Crippen LogP contribution is 2.23. The predicted molar refractivity (Wildman–Crippen MR) is 114 cm³/mol. The fourth-order valence-electron chi connectivity index (χ4n) is 3.49. The van der Waals surface area contributed by atoms with Crippen LogP contribution in [-0.4, -0.2) is 58.1 Å². The summed E-state index contributed by atoms with van der Waals surface area (Å²) in [4.78, 5) is 14.6. The molecule has 1 aliphatic rings. The van der Waals surface area contributed by atoms with Crippen LogP contribution in [0.4, 0.5) is 11.4 Å². The highest BCUT2D eigenvalue weighted by Gasteiger charge is 2.24. The Bertz CT molecular complexity index is 939. The van der Waals surface area contributed by atoms with E-state index in [0.29, 0.717) is 24.5 Å². The van der Waals surface area contributed by atoms with E-state index in [1.54, 1.807) is 36.4 Å². The van der Waals surface area contributed by atoms with Gasteiger partial charge >= 0.3 is 0 Å². The van der Waals surface area contributed by atoms with E-state index in [-0.39, 0.29) is 29.6 Å². The number of benzene rings is 2. The van der Waals surface area contributed by atoms with Gasteiger partial charge in [-0.2, -0.15) is 0 Å². The molecule has 1 N–H and O–H groups in total. The van der Waals surface area contributed by atoms with Crippen LogP contribution in [0.3, 0.4) is 0 Å². The summed E-state index contributed by atoms with van der Waals surface area (Å²) in [6, 6.07) is 15.2. The van der Waals surface area contributed by atoms with Gasteiger partial charge in [-0.3, -0.25) is 14.0 Å². The molecule has 0 bridgehead atoms. The zero-order valence-electron chi connectivity index (χ0n) is 16.9. The normalized spacial score (nSPS) is 20.2. The summed E-state index contributed by atoms with van der Waals surface area (Å²) >= 11 is 0. The molecule has 1 saturated heterocycles. The van der Waals surface area contributed by atoms with E-state index in [4.69, 9.17) is 4.74 Å². The molecule has 2 aromatic carbocycles. The summed E-state index contributed by atoms with van der Waals surface area (Å²) in [6.07, 6.45) is 0.155. The van der Waals surface area contributed by atoms with Crippen LogP contribution < -0.4 is 9.62 Å². The average Bonchev–Trinajstić information content (AvgIpc) is 2.67. The summed E-state index contributed by atoms with van der Waals surface area (Å²) < 4.78 is 32.8. The maximum Gasteiger partial charge on any atom is 0.264 e. The first-order valence-electron chi connectivity index (χ1n) is 9.57. The molecule has 0 saturated carbocycles. The number of rotatable bonds is 6. The lowest BCUT2D eigenvalue weighted by atomic mass is 10.2. The highest BCUT2D eigenvalue weighted by atomic mass is 32.2. The van der Waals surface area contributed by atoms with Crippen LogP contribution in [0.25, 0.3) is 0 Å². The zero-order valence-corrected chi connectivity index (χ0v) is 17.7. The van der Waals surface area contributed by atoms with Gasteiger partial charge in [0.05, 0.1) is 29.3 Å². The molecule has 1 fully saturated rings. The lowest BCUT2D eigenvalue weighted by Gasteiger charge is -2.34. The standard InChI is InChI=1S/C21H27N3O4S/c1-16-13-24(14-17(2)28-16)15-21(25)22-18-8-7-11-20(12-18)29(26,27)23(3)19-9-5-4-6-10-19/h4-12,16-17H,13-15H2,1-3H3,(H,22,25)/t16-,17-/m0/s1. The van der Waals surface area contributed by atoms with Crippen molar-refractivity contribution in [1.82, 2.24) is 4.90 Å². The number of hydrogen-bond donors (Lipinski definition) is 1. The molecule has 1 aliphatic heterocycles. The van der Waals surface area contributed by atoms with E-state index in [0.717, 1.165) is 0 Å². The summed E-state index contributed by atoms with van der Waals surface area (Å²) in [6.45, 7) is 5.58. The second-order valence-corrected chi connectivity index (χ2v) is 9.30. The molecule has 0 aromatic heterocycles. The van der Waals surface area contributed by atoms with Crippen molar-refractivity contribution < 1.29 is 17.9 Å². The van der Waals surface area contributed by atoms with Crippen molar-refractivity contribution in [3.05, 3.63) is 54.6 Å². The van der Waals surface area contributed by atoms with Crippen LogP contribution >= 0.6 is 0 Å². The molecular weight excluding hydrogens is 390 g/mol. The van der Waals surface area contributed by atoms with Crippen molar-refractivity contribution in [2.45, 2.75) is 31.0 Å². The van der Waals surface area contributed by atoms with Gasteiger partial charge in [0.25, 0.3) is 10.0 Å². The first kappa shape index (κ1) is 21.3. The largest absolute Gasteiger partial charge is 0.373 e. The van der Waals surface area contributed by atoms with Crippen LogP contribution in [0.2, 0.25) is 0 Å². The number of morpholine rings is 1. The van der Waals surface area contributed by atoms with Gasteiger partial charge in [0.1, 0.15) is 0 Å². The molecule has 7 nitrogen and oxygen atoms in total. The molecular formula is C21H27N3O4S. The Hall–Kier alpha value is -2.42. The molecule has 1 amide bonds. The van der Waals surface area contributed by atoms with E-state index < -0.39 is 10.0 Å². The van der Waals surface area contributed by atoms with Gasteiger partial charge in [-0.1, -0.05) is 24.3 Å². The van der Waals surface area contributed by atoms with Crippen LogP contribution in [0.5, 0.6) is 0 Å². The maximum absolute atomic E-state index is 13.0. The number of anilines is 2. The first-order valence-corrected chi connectivity index (χ1v) is 11.0. The van der Waals surface area contributed by atoms with Crippen LogP contribution in [0, 0.1) is 0 Å². The molecule has 0 aliphatic carbocycles. The summed E-state index contributed by atoms with van der Waals surface area (Å²) in [5, 5.41) is 2.81. The lowest BCUT2D eigenvalue weighted by molar-refractivity contribution is -0.121. The Morgan fingerprint density at radius 2 is 1.76 bits per heavy atom. The second kappa shape index (κ2) is 8.94. The molecule has 0 spiro atoms. The predicted octanol–water partition coefficient (Wildman–Crippen LogP) is 2.56. The first-order chi connectivity index (χ1) is 13.8. The third-order valence-corrected chi connectivity index (χ3v) is 6.54. The minimum absolute atomic E-state index is 0.0774. The van der Waals surface area contributed by atoms with Crippen molar-refractivity contribution in [3.63, 3.8) is 0 Å². The molecule has 29 heavy (non-hydrogen) atoms. The minimum atomic E-state index is -3.74. The fraction of sp³-hybridized carbons (Fsp3) is 0.381. The van der Waals surface area contributed by atoms with Gasteiger partial charge in [-0.15, -0.1) is 0 Å². The third-order valence-electron chi connectivity index (χ3n) is 4.76.